The van der Waals surface area contributed by atoms with E-state index in [2.05, 4.69) is 64.1 Å². The van der Waals surface area contributed by atoms with Gasteiger partial charge in [-0.15, -0.1) is 0 Å². The van der Waals surface area contributed by atoms with E-state index in [0.717, 1.165) is 48.2 Å². The van der Waals surface area contributed by atoms with Crippen molar-refractivity contribution in [1.29, 1.82) is 5.26 Å². The van der Waals surface area contributed by atoms with Gasteiger partial charge in [-0.3, -0.25) is 4.79 Å². The van der Waals surface area contributed by atoms with Crippen molar-refractivity contribution in [2.24, 2.45) is 11.8 Å². The maximum atomic E-state index is 12.9. The first kappa shape index (κ1) is 23.5. The average Bonchev–Trinajstić information content (AvgIpc) is 3.66. The van der Waals surface area contributed by atoms with Gasteiger partial charge < -0.3 is 20.3 Å². The van der Waals surface area contributed by atoms with Crippen LogP contribution < -0.4 is 21.0 Å². The molecule has 3 unspecified atom stereocenters. The molecule has 3 saturated heterocycles. The van der Waals surface area contributed by atoms with Gasteiger partial charge in [-0.1, -0.05) is 0 Å². The number of hydrogen-bond donors (Lipinski definition) is 3. The van der Waals surface area contributed by atoms with Crippen LogP contribution in [0.25, 0.3) is 10.9 Å². The Morgan fingerprint density at radius 2 is 2.11 bits per heavy atom. The number of pyridine rings is 1. The number of rotatable bonds is 6. The second kappa shape index (κ2) is 9.51. The number of ether oxygens (including phenoxy) is 1. The number of nitrogens with zero attached hydrogens (tertiary/aromatic N) is 4. The van der Waals surface area contributed by atoms with E-state index in [1.165, 1.54) is 0 Å². The number of anilines is 2. The lowest BCUT2D eigenvalue weighted by Crippen LogP contribution is -2.52. The van der Waals surface area contributed by atoms with E-state index in [-0.39, 0.29) is 36.2 Å². The maximum absolute atomic E-state index is 12.9. The van der Waals surface area contributed by atoms with E-state index in [9.17, 15) is 10.1 Å². The second-order valence-electron chi connectivity index (χ2n) is 10.8. The van der Waals surface area contributed by atoms with E-state index in [4.69, 9.17) is 9.72 Å². The molecule has 1 aromatic heterocycles. The molecule has 3 N–H and O–H groups in total. The van der Waals surface area contributed by atoms with Gasteiger partial charge >= 0.3 is 0 Å². The Hall–Kier alpha value is -2.93. The fourth-order valence-electron chi connectivity index (χ4n) is 6.13. The normalized spacial score (nSPS) is 31.5. The van der Waals surface area contributed by atoms with Crippen LogP contribution in [0.4, 0.5) is 11.5 Å². The van der Waals surface area contributed by atoms with Gasteiger partial charge in [-0.05, 0) is 69.4 Å². The standard InChI is InChI=1S/C27H35N7O2/c1-16-15-36-17(2)14-33(16)24-8-5-19-13-20(6-7-21(19)31-24)30-26-25-23(10-12-29-27(25)35)34(32-26)22(9-11-28)18-3-4-18/h5-8,13,16-18,22-23,25-26,30,32H,3-4,9-10,12,14-15H2,1-2H3,(H,29,35)/t16-,17-,22-,23?,25?,26?/m0/s1. The number of hydrogen-bond acceptors (Lipinski definition) is 8. The summed E-state index contributed by atoms with van der Waals surface area (Å²) in [5.41, 5.74) is 5.50. The predicted molar refractivity (Wildman–Crippen MR) is 138 cm³/mol. The number of piperidine rings is 1. The van der Waals surface area contributed by atoms with Crippen molar-refractivity contribution in [3.05, 3.63) is 30.3 Å². The molecule has 2 aromatic rings. The van der Waals surface area contributed by atoms with Crippen LogP contribution in [0.5, 0.6) is 0 Å². The highest BCUT2D eigenvalue weighted by molar-refractivity contribution is 5.85. The molecule has 6 rings (SSSR count). The summed E-state index contributed by atoms with van der Waals surface area (Å²) in [4.78, 5) is 20.2. The van der Waals surface area contributed by atoms with Crippen molar-refractivity contribution in [1.82, 2.24) is 20.7 Å². The summed E-state index contributed by atoms with van der Waals surface area (Å²) in [7, 11) is 0. The van der Waals surface area contributed by atoms with E-state index < -0.39 is 0 Å². The molecule has 4 heterocycles. The monoisotopic (exact) mass is 489 g/mol. The first-order valence-corrected chi connectivity index (χ1v) is 13.3. The lowest BCUT2D eigenvalue weighted by atomic mass is 9.90. The topological polar surface area (TPSA) is 106 Å². The molecule has 0 bridgehead atoms. The van der Waals surface area contributed by atoms with Crippen LogP contribution >= 0.6 is 0 Å². The largest absolute Gasteiger partial charge is 0.375 e. The molecule has 1 aromatic carbocycles. The van der Waals surface area contributed by atoms with Gasteiger partial charge in [0, 0.05) is 36.2 Å². The lowest BCUT2D eigenvalue weighted by molar-refractivity contribution is -0.128. The minimum atomic E-state index is -0.226. The van der Waals surface area contributed by atoms with Gasteiger partial charge in [0.15, 0.2) is 0 Å². The zero-order valence-corrected chi connectivity index (χ0v) is 21.0. The van der Waals surface area contributed by atoms with Crippen LogP contribution in [-0.4, -0.2) is 66.0 Å². The Kier molecular flexibility index (Phi) is 6.20. The minimum absolute atomic E-state index is 0.0752. The molecule has 9 heteroatoms. The van der Waals surface area contributed by atoms with E-state index >= 15 is 0 Å². The first-order valence-electron chi connectivity index (χ1n) is 13.3. The molecule has 0 radical (unpaired) electrons. The SMILES string of the molecule is C[C@H]1CN(c2ccc3cc(NC4NN([C@@H](CC#N)C5CC5)C5CCNC(=O)C45)ccc3n2)[C@@H](C)CO1. The Morgan fingerprint density at radius 3 is 2.92 bits per heavy atom. The molecule has 4 aliphatic rings. The van der Waals surface area contributed by atoms with Crippen molar-refractivity contribution >= 4 is 28.3 Å². The molecule has 0 spiro atoms. The number of carbonyl (C=O) groups is 1. The third-order valence-electron chi connectivity index (χ3n) is 8.18. The summed E-state index contributed by atoms with van der Waals surface area (Å²) in [6.07, 6.45) is 3.66. The molecular formula is C27H35N7O2. The average molecular weight is 490 g/mol. The molecule has 1 amide bonds. The van der Waals surface area contributed by atoms with Crippen LogP contribution in [0.3, 0.4) is 0 Å². The molecule has 36 heavy (non-hydrogen) atoms. The summed E-state index contributed by atoms with van der Waals surface area (Å²) in [6, 6.07) is 13.3. The Bertz CT molecular complexity index is 1180. The molecule has 9 nitrogen and oxygen atoms in total. The highest BCUT2D eigenvalue weighted by Crippen LogP contribution is 2.41. The number of morpholine rings is 1. The van der Waals surface area contributed by atoms with Gasteiger partial charge in [0.1, 0.15) is 12.0 Å². The summed E-state index contributed by atoms with van der Waals surface area (Å²) in [6.45, 7) is 6.49. The summed E-state index contributed by atoms with van der Waals surface area (Å²) in [5, 5.41) is 19.4. The number of carbonyl (C=O) groups excluding carboxylic acids is 1. The van der Waals surface area contributed by atoms with Crippen LogP contribution in [0.15, 0.2) is 30.3 Å². The van der Waals surface area contributed by atoms with Gasteiger partial charge in [-0.2, -0.15) is 5.26 Å². The van der Waals surface area contributed by atoms with Crippen molar-refractivity contribution in [2.45, 2.75) is 69.9 Å². The Morgan fingerprint density at radius 1 is 1.25 bits per heavy atom. The third-order valence-corrected chi connectivity index (χ3v) is 8.18. The van der Waals surface area contributed by atoms with Gasteiger partial charge in [0.25, 0.3) is 0 Å². The fourth-order valence-corrected chi connectivity index (χ4v) is 6.13. The number of nitriles is 1. The quantitative estimate of drug-likeness (QED) is 0.569. The number of nitrogens with one attached hydrogen (secondary N) is 3. The van der Waals surface area contributed by atoms with Gasteiger partial charge in [0.2, 0.25) is 5.91 Å². The summed E-state index contributed by atoms with van der Waals surface area (Å²) < 4.78 is 5.77. The predicted octanol–water partition coefficient (Wildman–Crippen LogP) is 2.60. The minimum Gasteiger partial charge on any atom is -0.375 e. The Labute approximate surface area is 212 Å². The van der Waals surface area contributed by atoms with Crippen LogP contribution in [0, 0.1) is 23.2 Å². The van der Waals surface area contributed by atoms with E-state index in [1.807, 2.05) is 12.1 Å². The lowest BCUT2D eigenvalue weighted by Gasteiger charge is -2.37. The zero-order chi connectivity index (χ0) is 24.8. The van der Waals surface area contributed by atoms with Crippen molar-refractivity contribution in [3.8, 4) is 6.07 Å². The van der Waals surface area contributed by atoms with Crippen LogP contribution in [0.1, 0.15) is 39.5 Å². The fraction of sp³-hybridized carbons (Fsp3) is 0.593. The number of hydrazine groups is 1. The summed E-state index contributed by atoms with van der Waals surface area (Å²) in [5.74, 6) is 1.38. The van der Waals surface area contributed by atoms with E-state index in [0.29, 0.717) is 31.5 Å². The molecule has 3 aliphatic heterocycles. The molecular weight excluding hydrogens is 454 g/mol. The number of fused-ring (bicyclic) bond motifs is 2. The highest BCUT2D eigenvalue weighted by Gasteiger charge is 2.51. The zero-order valence-electron chi connectivity index (χ0n) is 21.0. The van der Waals surface area contributed by atoms with Crippen LogP contribution in [-0.2, 0) is 9.53 Å². The Balaban J connectivity index is 1.23. The molecule has 1 saturated carbocycles. The molecule has 1 aliphatic carbocycles. The number of amides is 1. The van der Waals surface area contributed by atoms with Crippen LogP contribution in [0.2, 0.25) is 0 Å². The number of benzene rings is 1. The smallest absolute Gasteiger partial charge is 0.228 e. The first-order chi connectivity index (χ1) is 17.5. The van der Waals surface area contributed by atoms with Crippen molar-refractivity contribution < 1.29 is 9.53 Å². The van der Waals surface area contributed by atoms with Crippen molar-refractivity contribution in [3.63, 3.8) is 0 Å². The molecule has 4 fully saturated rings. The van der Waals surface area contributed by atoms with E-state index in [1.54, 1.807) is 0 Å². The maximum Gasteiger partial charge on any atom is 0.228 e. The van der Waals surface area contributed by atoms with Gasteiger partial charge in [-0.25, -0.2) is 15.4 Å². The summed E-state index contributed by atoms with van der Waals surface area (Å²) >= 11 is 0. The van der Waals surface area contributed by atoms with Gasteiger partial charge in [0.05, 0.1) is 42.7 Å². The molecule has 6 atom stereocenters. The molecule has 190 valence electrons. The third kappa shape index (κ3) is 4.38. The van der Waals surface area contributed by atoms with Crippen molar-refractivity contribution in [2.75, 3.05) is 29.9 Å². The number of aromatic nitrogens is 1. The highest BCUT2D eigenvalue weighted by atomic mass is 16.5. The second-order valence-corrected chi connectivity index (χ2v) is 10.8.